The first-order valence-corrected chi connectivity index (χ1v) is 6.11. The maximum atomic E-state index is 13.8. The molecule has 0 aliphatic rings. The fourth-order valence-corrected chi connectivity index (χ4v) is 1.78. The molecule has 1 heterocycles. The van der Waals surface area contributed by atoms with Gasteiger partial charge in [0.15, 0.2) is 24.0 Å². The molecule has 1 unspecified atom stereocenters. The third-order valence-electron chi connectivity index (χ3n) is 2.53. The second kappa shape index (κ2) is 5.96. The highest BCUT2D eigenvalue weighted by Gasteiger charge is 2.14. The van der Waals surface area contributed by atoms with Crippen molar-refractivity contribution < 1.29 is 18.0 Å². The summed E-state index contributed by atoms with van der Waals surface area (Å²) in [6.45, 7) is 3.21. The van der Waals surface area contributed by atoms with Gasteiger partial charge < -0.3 is 15.0 Å². The summed E-state index contributed by atoms with van der Waals surface area (Å²) in [4.78, 5) is 3.88. The number of aryl methyl sites for hydroxylation is 1. The van der Waals surface area contributed by atoms with Crippen LogP contribution in [0.5, 0.6) is 5.75 Å². The molecule has 20 heavy (non-hydrogen) atoms. The number of hydrogen-bond acceptors (Lipinski definition) is 5. The highest BCUT2D eigenvalue weighted by molar-refractivity contribution is 5.31. The van der Waals surface area contributed by atoms with E-state index in [-0.39, 0.29) is 18.5 Å². The SMILES string of the molecule is Cc1nc(COc2c(F)cc(CC(C)N)cc2F)no1. The number of aromatic nitrogens is 2. The van der Waals surface area contributed by atoms with E-state index in [1.54, 1.807) is 13.8 Å². The molecule has 2 rings (SSSR count). The summed E-state index contributed by atoms with van der Waals surface area (Å²) >= 11 is 0. The van der Waals surface area contributed by atoms with Crippen LogP contribution < -0.4 is 10.5 Å². The predicted octanol–water partition coefficient (Wildman–Crippen LogP) is 2.12. The fourth-order valence-electron chi connectivity index (χ4n) is 1.78. The lowest BCUT2D eigenvalue weighted by atomic mass is 10.1. The molecule has 0 radical (unpaired) electrons. The lowest BCUT2D eigenvalue weighted by Crippen LogP contribution is -2.18. The smallest absolute Gasteiger partial charge is 0.223 e. The summed E-state index contributed by atoms with van der Waals surface area (Å²) in [6.07, 6.45) is 0.387. The van der Waals surface area contributed by atoms with E-state index in [9.17, 15) is 8.78 Å². The van der Waals surface area contributed by atoms with E-state index in [2.05, 4.69) is 10.1 Å². The van der Waals surface area contributed by atoms with E-state index in [4.69, 9.17) is 15.0 Å². The van der Waals surface area contributed by atoms with Gasteiger partial charge in [0, 0.05) is 13.0 Å². The fraction of sp³-hybridized carbons (Fsp3) is 0.385. The zero-order valence-electron chi connectivity index (χ0n) is 11.2. The van der Waals surface area contributed by atoms with Gasteiger partial charge in [-0.15, -0.1) is 0 Å². The van der Waals surface area contributed by atoms with Crippen LogP contribution in [0.15, 0.2) is 16.7 Å². The molecule has 1 aromatic heterocycles. The summed E-state index contributed by atoms with van der Waals surface area (Å²) in [6, 6.07) is 2.25. The van der Waals surface area contributed by atoms with Crippen LogP contribution in [-0.4, -0.2) is 16.2 Å². The van der Waals surface area contributed by atoms with Crippen molar-refractivity contribution in [1.29, 1.82) is 0 Å². The standard InChI is InChI=1S/C13H15F2N3O2/c1-7(16)3-9-4-10(14)13(11(15)5-9)19-6-12-17-8(2)20-18-12/h4-5,7H,3,6,16H2,1-2H3. The Kier molecular flexibility index (Phi) is 4.29. The van der Waals surface area contributed by atoms with E-state index < -0.39 is 17.4 Å². The van der Waals surface area contributed by atoms with Crippen molar-refractivity contribution in [3.05, 3.63) is 41.0 Å². The molecule has 2 N–H and O–H groups in total. The summed E-state index contributed by atoms with van der Waals surface area (Å²) in [5, 5.41) is 3.57. The van der Waals surface area contributed by atoms with Gasteiger partial charge in [-0.1, -0.05) is 5.16 Å². The van der Waals surface area contributed by atoms with Crippen LogP contribution in [0.2, 0.25) is 0 Å². The molecule has 0 spiro atoms. The van der Waals surface area contributed by atoms with E-state index in [1.165, 1.54) is 12.1 Å². The first-order chi connectivity index (χ1) is 9.45. The molecule has 0 saturated heterocycles. The van der Waals surface area contributed by atoms with E-state index in [0.717, 1.165) is 0 Å². The Morgan fingerprint density at radius 3 is 2.50 bits per heavy atom. The number of benzene rings is 1. The van der Waals surface area contributed by atoms with Crippen LogP contribution in [0, 0.1) is 18.6 Å². The van der Waals surface area contributed by atoms with Crippen LogP contribution in [0.1, 0.15) is 24.2 Å². The lowest BCUT2D eigenvalue weighted by Gasteiger charge is -2.10. The number of halogens is 2. The van der Waals surface area contributed by atoms with Gasteiger partial charge >= 0.3 is 0 Å². The van der Waals surface area contributed by atoms with Crippen LogP contribution in [0.25, 0.3) is 0 Å². The Labute approximate surface area is 114 Å². The van der Waals surface area contributed by atoms with Gasteiger partial charge in [0.1, 0.15) is 0 Å². The Hall–Kier alpha value is -2.02. The number of rotatable bonds is 5. The van der Waals surface area contributed by atoms with Gasteiger partial charge in [-0.3, -0.25) is 0 Å². The van der Waals surface area contributed by atoms with E-state index in [0.29, 0.717) is 17.9 Å². The Morgan fingerprint density at radius 1 is 1.35 bits per heavy atom. The first kappa shape index (κ1) is 14.4. The van der Waals surface area contributed by atoms with Gasteiger partial charge in [-0.25, -0.2) is 8.78 Å². The third-order valence-corrected chi connectivity index (χ3v) is 2.53. The molecule has 0 saturated carbocycles. The monoisotopic (exact) mass is 283 g/mol. The zero-order valence-corrected chi connectivity index (χ0v) is 11.2. The Balaban J connectivity index is 2.11. The Bertz CT molecular complexity index is 576. The number of hydrogen-bond donors (Lipinski definition) is 1. The van der Waals surface area contributed by atoms with Crippen molar-refractivity contribution in [2.45, 2.75) is 32.9 Å². The molecule has 2 aromatic rings. The molecule has 0 aliphatic heterocycles. The Morgan fingerprint density at radius 2 is 2.00 bits per heavy atom. The zero-order chi connectivity index (χ0) is 14.7. The summed E-state index contributed by atoms with van der Waals surface area (Å²) in [5.41, 5.74) is 6.08. The van der Waals surface area contributed by atoms with Gasteiger partial charge in [-0.2, -0.15) is 4.98 Å². The molecule has 0 amide bonds. The van der Waals surface area contributed by atoms with Crippen molar-refractivity contribution in [1.82, 2.24) is 10.1 Å². The van der Waals surface area contributed by atoms with Gasteiger partial charge in [0.05, 0.1) is 0 Å². The topological polar surface area (TPSA) is 74.2 Å². The van der Waals surface area contributed by atoms with Crippen molar-refractivity contribution in [3.63, 3.8) is 0 Å². The van der Waals surface area contributed by atoms with Crippen LogP contribution in [0.3, 0.4) is 0 Å². The minimum Gasteiger partial charge on any atom is -0.479 e. The lowest BCUT2D eigenvalue weighted by molar-refractivity contribution is 0.259. The average Bonchev–Trinajstić information content (AvgIpc) is 2.73. The van der Waals surface area contributed by atoms with Crippen molar-refractivity contribution in [2.24, 2.45) is 5.73 Å². The second-order valence-corrected chi connectivity index (χ2v) is 4.59. The quantitative estimate of drug-likeness (QED) is 0.909. The normalized spacial score (nSPS) is 12.4. The summed E-state index contributed by atoms with van der Waals surface area (Å²) in [7, 11) is 0. The first-order valence-electron chi connectivity index (χ1n) is 6.11. The highest BCUT2D eigenvalue weighted by atomic mass is 19.1. The molecule has 1 atom stereocenters. The molecule has 0 bridgehead atoms. The number of nitrogens with zero attached hydrogens (tertiary/aromatic N) is 2. The van der Waals surface area contributed by atoms with Crippen LogP contribution in [0.4, 0.5) is 8.78 Å². The average molecular weight is 283 g/mol. The van der Waals surface area contributed by atoms with Gasteiger partial charge in [0.2, 0.25) is 11.7 Å². The molecular formula is C13H15F2N3O2. The van der Waals surface area contributed by atoms with Crippen molar-refractivity contribution in [3.8, 4) is 5.75 Å². The largest absolute Gasteiger partial charge is 0.479 e. The molecule has 1 aromatic carbocycles. The van der Waals surface area contributed by atoms with E-state index >= 15 is 0 Å². The van der Waals surface area contributed by atoms with E-state index in [1.807, 2.05) is 0 Å². The molecule has 7 heteroatoms. The maximum Gasteiger partial charge on any atom is 0.223 e. The number of ether oxygens (including phenoxy) is 1. The predicted molar refractivity (Wildman–Crippen MR) is 67.1 cm³/mol. The van der Waals surface area contributed by atoms with Crippen LogP contribution in [-0.2, 0) is 13.0 Å². The van der Waals surface area contributed by atoms with Crippen molar-refractivity contribution >= 4 is 0 Å². The molecule has 5 nitrogen and oxygen atoms in total. The number of nitrogens with two attached hydrogens (primary N) is 1. The molecule has 0 aliphatic carbocycles. The molecular weight excluding hydrogens is 268 g/mol. The molecule has 0 fully saturated rings. The minimum atomic E-state index is -0.777. The third kappa shape index (κ3) is 3.51. The summed E-state index contributed by atoms with van der Waals surface area (Å²) in [5.74, 6) is -1.43. The molecule has 108 valence electrons. The van der Waals surface area contributed by atoms with Gasteiger partial charge in [-0.05, 0) is 31.0 Å². The second-order valence-electron chi connectivity index (χ2n) is 4.59. The highest BCUT2D eigenvalue weighted by Crippen LogP contribution is 2.24. The van der Waals surface area contributed by atoms with Crippen LogP contribution >= 0.6 is 0 Å². The van der Waals surface area contributed by atoms with Gasteiger partial charge in [0.25, 0.3) is 0 Å². The maximum absolute atomic E-state index is 13.8. The minimum absolute atomic E-state index is 0.169. The summed E-state index contributed by atoms with van der Waals surface area (Å²) < 4.78 is 37.4. The van der Waals surface area contributed by atoms with Crippen molar-refractivity contribution in [2.75, 3.05) is 0 Å².